The van der Waals surface area contributed by atoms with Gasteiger partial charge in [-0.05, 0) is 97.7 Å². The maximum absolute atomic E-state index is 12.1. The molecule has 11 aliphatic rings. The second-order valence-electron chi connectivity index (χ2n) is 27.5. The van der Waals surface area contributed by atoms with Gasteiger partial charge in [0.25, 0.3) is 0 Å². The Balaban J connectivity index is 0.781. The highest BCUT2D eigenvalue weighted by molar-refractivity contribution is 5.16. The summed E-state index contributed by atoms with van der Waals surface area (Å²) in [6, 6.07) is 0. The molecule has 84 heavy (non-hydrogen) atoms. The number of fused-ring (bicyclic) bond motifs is 7. The number of aliphatic hydroxyl groups excluding tert-OH is 15. The average Bonchev–Trinajstić information content (AvgIpc) is 1.56. The van der Waals surface area contributed by atoms with Crippen molar-refractivity contribution in [1.29, 1.82) is 0 Å². The molecule has 0 aromatic carbocycles. The van der Waals surface area contributed by atoms with Gasteiger partial charge in [-0.3, -0.25) is 0 Å². The fourth-order valence-corrected chi connectivity index (χ4v) is 17.5. The minimum atomic E-state index is -2.11. The lowest BCUT2D eigenvalue weighted by molar-refractivity contribution is -0.408. The van der Waals surface area contributed by atoms with E-state index in [9.17, 15) is 76.6 Å². The lowest BCUT2D eigenvalue weighted by atomic mass is 9.44. The zero-order valence-electron chi connectivity index (χ0n) is 48.4. The van der Waals surface area contributed by atoms with Gasteiger partial charge >= 0.3 is 0 Å². The first-order valence-corrected chi connectivity index (χ1v) is 30.6. The minimum absolute atomic E-state index is 0.107. The molecule has 7 heterocycles. The van der Waals surface area contributed by atoms with E-state index in [0.29, 0.717) is 48.3 Å². The number of hydrogen-bond donors (Lipinski definition) is 15. The Morgan fingerprint density at radius 2 is 1.06 bits per heavy atom. The molecule has 15 N–H and O–H groups in total. The molecule has 7 aliphatic heterocycles. The molecule has 0 amide bonds. The molecule has 484 valence electrons. The van der Waals surface area contributed by atoms with E-state index in [2.05, 4.69) is 27.7 Å². The van der Waals surface area contributed by atoms with E-state index in [1.165, 1.54) is 6.92 Å². The molecule has 3 unspecified atom stereocenters. The summed E-state index contributed by atoms with van der Waals surface area (Å²) in [4.78, 5) is 0. The summed E-state index contributed by atoms with van der Waals surface area (Å²) < 4.78 is 73.5. The van der Waals surface area contributed by atoms with Gasteiger partial charge in [-0.1, -0.05) is 34.6 Å². The molecule has 0 radical (unpaired) electrons. The summed E-state index contributed by atoms with van der Waals surface area (Å²) in [6.45, 7) is 7.30. The van der Waals surface area contributed by atoms with Crippen LogP contribution in [0.1, 0.15) is 92.4 Å². The topological polar surface area (TPSA) is 414 Å². The second kappa shape index (κ2) is 24.9. The Morgan fingerprint density at radius 1 is 0.500 bits per heavy atom. The third-order valence-electron chi connectivity index (χ3n) is 22.6. The van der Waals surface area contributed by atoms with Crippen LogP contribution in [0.5, 0.6) is 0 Å². The summed E-state index contributed by atoms with van der Waals surface area (Å²) in [5.41, 5.74) is -1.27. The van der Waals surface area contributed by atoms with Gasteiger partial charge in [-0.15, -0.1) is 0 Å². The Hall–Kier alpha value is -1.08. The summed E-state index contributed by atoms with van der Waals surface area (Å²) in [6.07, 6.45) is -34.0. The molecule has 11 rings (SSSR count). The molecule has 1 spiro atoms. The highest BCUT2D eigenvalue weighted by Crippen LogP contribution is 2.71. The smallest absolute Gasteiger partial charge is 0.187 e. The predicted molar refractivity (Wildman–Crippen MR) is 279 cm³/mol. The van der Waals surface area contributed by atoms with Crippen LogP contribution in [0.25, 0.3) is 0 Å². The molecule has 11 fully saturated rings. The number of ether oxygens (including phenoxy) is 12. The van der Waals surface area contributed by atoms with Crippen molar-refractivity contribution < 1.29 is 133 Å². The third kappa shape index (κ3) is 11.0. The molecule has 7 saturated heterocycles. The highest BCUT2D eigenvalue weighted by atomic mass is 16.8. The van der Waals surface area contributed by atoms with Crippen LogP contribution in [-0.2, 0) is 56.8 Å². The first-order chi connectivity index (χ1) is 39.9. The number of aliphatic hydroxyl groups is 15. The maximum atomic E-state index is 12.1. The number of hydrogen-bond acceptors (Lipinski definition) is 27. The molecule has 4 saturated carbocycles. The number of rotatable bonds is 15. The van der Waals surface area contributed by atoms with E-state index in [-0.39, 0.29) is 29.5 Å². The fourth-order valence-electron chi connectivity index (χ4n) is 17.5. The van der Waals surface area contributed by atoms with Crippen molar-refractivity contribution in [2.24, 2.45) is 57.7 Å². The summed E-state index contributed by atoms with van der Waals surface area (Å²) in [7, 11) is 0. The molecule has 36 atom stereocenters. The van der Waals surface area contributed by atoms with Crippen molar-refractivity contribution in [3.05, 3.63) is 0 Å². The first-order valence-electron chi connectivity index (χ1n) is 30.6. The van der Waals surface area contributed by atoms with Crippen LogP contribution in [0.4, 0.5) is 0 Å². The molecule has 4 aliphatic carbocycles. The lowest BCUT2D eigenvalue weighted by Gasteiger charge is -2.62. The van der Waals surface area contributed by atoms with Crippen LogP contribution >= 0.6 is 0 Å². The molecular weight excluding hydrogens is 1120 g/mol. The van der Waals surface area contributed by atoms with E-state index >= 15 is 0 Å². The second-order valence-corrected chi connectivity index (χ2v) is 27.5. The van der Waals surface area contributed by atoms with Crippen LogP contribution < -0.4 is 0 Å². The highest BCUT2D eigenvalue weighted by Gasteiger charge is 2.70. The Labute approximate surface area is 487 Å². The van der Waals surface area contributed by atoms with Crippen LogP contribution in [0.2, 0.25) is 0 Å². The van der Waals surface area contributed by atoms with Gasteiger partial charge in [-0.25, -0.2) is 0 Å². The van der Waals surface area contributed by atoms with Gasteiger partial charge in [-0.2, -0.15) is 0 Å². The molecule has 27 heteroatoms. The predicted octanol–water partition coefficient (Wildman–Crippen LogP) is -4.20. The van der Waals surface area contributed by atoms with Crippen molar-refractivity contribution in [2.75, 3.05) is 46.2 Å². The summed E-state index contributed by atoms with van der Waals surface area (Å²) in [5, 5.41) is 166. The van der Waals surface area contributed by atoms with Crippen molar-refractivity contribution in [3.63, 3.8) is 0 Å². The zero-order chi connectivity index (χ0) is 60.3. The van der Waals surface area contributed by atoms with Crippen molar-refractivity contribution in [2.45, 2.75) is 252 Å². The Kier molecular flexibility index (Phi) is 19.1. The SMILES string of the molecule is CC1C2C(C[C@H]3[C@@H]4CC[C@H]5C[C@@H](O[C@@H]6O[C@H](CO)[C@H](O[C@@H]7O[C@H](CO)[C@@H](O)[C@H](O[C@@H]8O[C@H](CO)[C@@H](O[C@@H]9OC[C@](C)(CO)[C@H]9O)[C@H](O)[C@H]8O)[C@H]7O[C@@H]7O[C@H](CO)[C@@H](O)[C@H](O)[C@H]7O)[C@H](O)[C@H]6O)[C@H](O)C[C@]5(C)[C@H]4CC[C@]23C)O[C@]12CC[C@@H](C)CO2. The average molecular weight is 1210 g/mol. The third-order valence-corrected chi connectivity index (χ3v) is 22.6. The standard InChI is InChI=1S/C57H94O27/c1-22-8-11-57(74-19-22)23(2)35-30(84-57)13-27-25-7-6-24-12-29(28(63)14-56(24,5)26(25)9-10-55(27,35)4)75-49-42(70)39(67)44(33(17-60)78-49)80-52-47(83-50-41(69)38(66)36(64)31(15-58)76-50)46(37(65)32(16-59)77-52)82-51-43(71)40(68)45(34(18-61)79-51)81-53-48(72)54(3,20-62)21-73-53/h22-53,58-72H,6-21H2,1-5H3/t22-,23?,24+,25-,26+,27+,28-,29-,30?,31-,32-,33-,34-,35?,36-,37-,38+,39-,40-,41-,42-,43-,44+,45-,46+,47-,48+,49-,50+,51+,52+,53+,54+,55+,56+,57-/m1/s1. The molecule has 0 aromatic heterocycles. The monoisotopic (exact) mass is 1210 g/mol. The molecule has 0 aromatic rings. The Morgan fingerprint density at radius 3 is 1.65 bits per heavy atom. The van der Waals surface area contributed by atoms with Crippen LogP contribution in [0.3, 0.4) is 0 Å². The van der Waals surface area contributed by atoms with Gasteiger partial charge < -0.3 is 133 Å². The maximum Gasteiger partial charge on any atom is 0.187 e. The van der Waals surface area contributed by atoms with Gasteiger partial charge in [0.2, 0.25) is 0 Å². The first kappa shape index (κ1) is 64.4. The van der Waals surface area contributed by atoms with Gasteiger partial charge in [0.1, 0.15) is 104 Å². The van der Waals surface area contributed by atoms with Crippen molar-refractivity contribution >= 4 is 0 Å². The lowest BCUT2D eigenvalue weighted by Crippen LogP contribution is -2.69. The summed E-state index contributed by atoms with van der Waals surface area (Å²) >= 11 is 0. The summed E-state index contributed by atoms with van der Waals surface area (Å²) in [5.74, 6) is 2.16. The Bertz CT molecular complexity index is 2190. The van der Waals surface area contributed by atoms with Gasteiger partial charge in [0.05, 0.1) is 64.6 Å². The largest absolute Gasteiger partial charge is 0.396 e. The fraction of sp³-hybridized carbons (Fsp3) is 1.00. The van der Waals surface area contributed by atoms with Gasteiger partial charge in [0, 0.05) is 17.8 Å². The minimum Gasteiger partial charge on any atom is -0.396 e. The molecular formula is C57H94O27. The van der Waals surface area contributed by atoms with E-state index in [0.717, 1.165) is 51.6 Å². The quantitative estimate of drug-likeness (QED) is 0.0692. The van der Waals surface area contributed by atoms with E-state index in [4.69, 9.17) is 56.8 Å². The van der Waals surface area contributed by atoms with E-state index in [1.807, 2.05) is 0 Å². The zero-order valence-corrected chi connectivity index (χ0v) is 48.4. The molecule has 0 bridgehead atoms. The van der Waals surface area contributed by atoms with Crippen LogP contribution in [0, 0.1) is 57.7 Å². The molecule has 27 nitrogen and oxygen atoms in total. The van der Waals surface area contributed by atoms with Crippen molar-refractivity contribution in [1.82, 2.24) is 0 Å². The van der Waals surface area contributed by atoms with E-state index in [1.54, 1.807) is 0 Å². The van der Waals surface area contributed by atoms with E-state index < -0.39 is 192 Å². The van der Waals surface area contributed by atoms with Gasteiger partial charge in [0.15, 0.2) is 37.2 Å². The normalized spacial score (nSPS) is 57.6. The van der Waals surface area contributed by atoms with Crippen LogP contribution in [0.15, 0.2) is 0 Å². The van der Waals surface area contributed by atoms with Crippen LogP contribution in [-0.4, -0.2) is 282 Å². The van der Waals surface area contributed by atoms with Crippen molar-refractivity contribution in [3.8, 4) is 0 Å².